The molecule has 0 bridgehead atoms. The number of piperazine rings is 1. The van der Waals surface area contributed by atoms with E-state index in [1.807, 2.05) is 6.92 Å². The Morgan fingerprint density at radius 3 is 2.21 bits per heavy atom. The van der Waals surface area contributed by atoms with Gasteiger partial charge >= 0.3 is 0 Å². The van der Waals surface area contributed by atoms with E-state index in [0.717, 1.165) is 19.6 Å². The molecule has 1 aliphatic rings. The Balaban J connectivity index is 2.43. The minimum absolute atomic E-state index is 0.215. The molecule has 5 heteroatoms. The molecule has 0 amide bonds. The van der Waals surface area contributed by atoms with Crippen LogP contribution in [0.5, 0.6) is 0 Å². The summed E-state index contributed by atoms with van der Waals surface area (Å²) < 4.78 is 24.6. The normalized spacial score (nSPS) is 21.3. The maximum Gasteiger partial charge on any atom is 0.213 e. The van der Waals surface area contributed by atoms with Crippen LogP contribution in [0.2, 0.25) is 0 Å². The van der Waals surface area contributed by atoms with Gasteiger partial charge in [0.1, 0.15) is 0 Å². The van der Waals surface area contributed by atoms with Gasteiger partial charge < -0.3 is 4.90 Å². The Kier molecular flexibility index (Phi) is 4.34. The van der Waals surface area contributed by atoms with Crippen LogP contribution in [0, 0.1) is 6.42 Å². The lowest BCUT2D eigenvalue weighted by Gasteiger charge is -2.33. The molecule has 0 aromatic rings. The summed E-state index contributed by atoms with van der Waals surface area (Å²) in [6.45, 7) is 7.66. The number of nitrogens with zero attached hydrogens (tertiary/aromatic N) is 2. The van der Waals surface area contributed by atoms with E-state index in [1.165, 1.54) is 0 Å². The fourth-order valence-corrected chi connectivity index (χ4v) is 2.72. The minimum Gasteiger partial charge on any atom is -0.300 e. The molecule has 1 radical (unpaired) electrons. The molecule has 0 N–H and O–H groups in total. The molecule has 0 atom stereocenters. The van der Waals surface area contributed by atoms with Crippen molar-refractivity contribution >= 4 is 10.0 Å². The van der Waals surface area contributed by atoms with Crippen molar-refractivity contribution < 1.29 is 8.42 Å². The predicted octanol–water partition coefficient (Wildman–Crippen LogP) is 0.178. The molecule has 1 heterocycles. The van der Waals surface area contributed by atoms with Crippen LogP contribution in [0.4, 0.5) is 0 Å². The van der Waals surface area contributed by atoms with Gasteiger partial charge in [0.2, 0.25) is 10.0 Å². The Morgan fingerprint density at radius 2 is 1.79 bits per heavy atom. The monoisotopic (exact) mass is 219 g/mol. The molecule has 0 aromatic heterocycles. The largest absolute Gasteiger partial charge is 0.300 e. The van der Waals surface area contributed by atoms with Crippen molar-refractivity contribution in [1.82, 2.24) is 9.21 Å². The van der Waals surface area contributed by atoms with Gasteiger partial charge in [0, 0.05) is 32.7 Å². The molecule has 0 unspecified atom stereocenters. The summed E-state index contributed by atoms with van der Waals surface area (Å²) in [5.41, 5.74) is 0. The number of sulfonamides is 1. The average Bonchev–Trinajstić information content (AvgIpc) is 2.19. The SMILES string of the molecule is C[CH]CN1CCN(S(=O)(=O)CC)CC1. The van der Waals surface area contributed by atoms with Gasteiger partial charge in [0.15, 0.2) is 0 Å². The average molecular weight is 219 g/mol. The van der Waals surface area contributed by atoms with Crippen molar-refractivity contribution in [2.45, 2.75) is 13.8 Å². The van der Waals surface area contributed by atoms with Gasteiger partial charge in [0.05, 0.1) is 5.75 Å². The smallest absolute Gasteiger partial charge is 0.213 e. The first-order valence-corrected chi connectivity index (χ1v) is 6.69. The fraction of sp³-hybridized carbons (Fsp3) is 0.889. The zero-order chi connectivity index (χ0) is 10.6. The van der Waals surface area contributed by atoms with Crippen molar-refractivity contribution in [3.05, 3.63) is 6.42 Å². The Bertz CT molecular complexity index is 256. The highest BCUT2D eigenvalue weighted by Crippen LogP contribution is 2.07. The fourth-order valence-electron chi connectivity index (χ4n) is 1.63. The van der Waals surface area contributed by atoms with Gasteiger partial charge in [-0.25, -0.2) is 8.42 Å². The van der Waals surface area contributed by atoms with Gasteiger partial charge in [-0.2, -0.15) is 4.31 Å². The van der Waals surface area contributed by atoms with Crippen LogP contribution in [-0.2, 0) is 10.0 Å². The van der Waals surface area contributed by atoms with Crippen molar-refractivity contribution in [3.8, 4) is 0 Å². The van der Waals surface area contributed by atoms with Crippen molar-refractivity contribution in [1.29, 1.82) is 0 Å². The van der Waals surface area contributed by atoms with Crippen LogP contribution in [0.3, 0.4) is 0 Å². The van der Waals surface area contributed by atoms with E-state index in [4.69, 9.17) is 0 Å². The summed E-state index contributed by atoms with van der Waals surface area (Å²) in [5.74, 6) is 0.215. The highest BCUT2D eigenvalue weighted by Gasteiger charge is 2.24. The van der Waals surface area contributed by atoms with Crippen molar-refractivity contribution in [2.24, 2.45) is 0 Å². The second-order valence-electron chi connectivity index (χ2n) is 3.51. The van der Waals surface area contributed by atoms with Crippen LogP contribution in [0.15, 0.2) is 0 Å². The van der Waals surface area contributed by atoms with Crippen LogP contribution < -0.4 is 0 Å². The molecule has 0 saturated carbocycles. The van der Waals surface area contributed by atoms with Gasteiger partial charge in [-0.05, 0) is 13.3 Å². The number of hydrogen-bond donors (Lipinski definition) is 0. The second-order valence-corrected chi connectivity index (χ2v) is 5.77. The zero-order valence-corrected chi connectivity index (χ0v) is 9.76. The number of rotatable bonds is 4. The first-order valence-electron chi connectivity index (χ1n) is 5.08. The molecule has 1 saturated heterocycles. The first kappa shape index (κ1) is 11.9. The standard InChI is InChI=1S/C9H19N2O2S/c1-3-5-10-6-8-11(9-7-10)14(12,13)4-2/h3H,4-9H2,1-2H3. The quantitative estimate of drug-likeness (QED) is 0.677. The zero-order valence-electron chi connectivity index (χ0n) is 8.94. The number of hydrogen-bond acceptors (Lipinski definition) is 3. The van der Waals surface area contributed by atoms with Crippen molar-refractivity contribution in [2.75, 3.05) is 38.5 Å². The molecule has 0 aromatic carbocycles. The van der Waals surface area contributed by atoms with Gasteiger partial charge in [-0.3, -0.25) is 0 Å². The summed E-state index contributed by atoms with van der Waals surface area (Å²) in [4.78, 5) is 2.27. The minimum atomic E-state index is -2.96. The van der Waals surface area contributed by atoms with Gasteiger partial charge in [-0.15, -0.1) is 0 Å². The molecular formula is C9H19N2O2S. The van der Waals surface area contributed by atoms with Crippen LogP contribution >= 0.6 is 0 Å². The third kappa shape index (κ3) is 2.93. The lowest BCUT2D eigenvalue weighted by molar-refractivity contribution is 0.200. The summed E-state index contributed by atoms with van der Waals surface area (Å²) in [6, 6.07) is 0. The molecular weight excluding hydrogens is 200 g/mol. The van der Waals surface area contributed by atoms with E-state index in [-0.39, 0.29) is 5.75 Å². The third-order valence-electron chi connectivity index (χ3n) is 2.53. The maximum atomic E-state index is 11.5. The molecule has 1 aliphatic heterocycles. The molecule has 4 nitrogen and oxygen atoms in total. The van der Waals surface area contributed by atoms with Crippen LogP contribution in [-0.4, -0.2) is 56.1 Å². The van der Waals surface area contributed by atoms with Crippen molar-refractivity contribution in [3.63, 3.8) is 0 Å². The van der Waals surface area contributed by atoms with E-state index in [1.54, 1.807) is 11.2 Å². The maximum absolute atomic E-state index is 11.5. The lowest BCUT2D eigenvalue weighted by Crippen LogP contribution is -2.49. The molecule has 0 spiro atoms. The van der Waals surface area contributed by atoms with E-state index in [9.17, 15) is 8.42 Å². The van der Waals surface area contributed by atoms with Gasteiger partial charge in [0.25, 0.3) is 0 Å². The molecule has 83 valence electrons. The predicted molar refractivity (Wildman–Crippen MR) is 57.4 cm³/mol. The summed E-state index contributed by atoms with van der Waals surface area (Å²) >= 11 is 0. The summed E-state index contributed by atoms with van der Waals surface area (Å²) in [5, 5.41) is 0. The Labute approximate surface area is 86.9 Å². The van der Waals surface area contributed by atoms with E-state index in [0.29, 0.717) is 13.1 Å². The highest BCUT2D eigenvalue weighted by atomic mass is 32.2. The molecule has 1 fully saturated rings. The van der Waals surface area contributed by atoms with Crippen LogP contribution in [0.25, 0.3) is 0 Å². The topological polar surface area (TPSA) is 40.6 Å². The Hall–Kier alpha value is -0.130. The molecule has 0 aliphatic carbocycles. The lowest BCUT2D eigenvalue weighted by atomic mass is 10.3. The first-order chi connectivity index (χ1) is 6.60. The van der Waals surface area contributed by atoms with Crippen LogP contribution in [0.1, 0.15) is 13.8 Å². The summed E-state index contributed by atoms with van der Waals surface area (Å²) in [6.07, 6.45) is 2.10. The van der Waals surface area contributed by atoms with E-state index < -0.39 is 10.0 Å². The third-order valence-corrected chi connectivity index (χ3v) is 4.41. The van der Waals surface area contributed by atoms with E-state index >= 15 is 0 Å². The summed E-state index contributed by atoms with van der Waals surface area (Å²) in [7, 11) is -2.96. The Morgan fingerprint density at radius 1 is 1.21 bits per heavy atom. The highest BCUT2D eigenvalue weighted by molar-refractivity contribution is 7.89. The van der Waals surface area contributed by atoms with Gasteiger partial charge in [-0.1, -0.05) is 6.92 Å². The molecule has 1 rings (SSSR count). The molecule has 14 heavy (non-hydrogen) atoms. The second kappa shape index (κ2) is 5.09. The van der Waals surface area contributed by atoms with E-state index in [2.05, 4.69) is 11.3 Å².